The molecule has 4 aromatic carbocycles. The standard InChI is InChI=1S/C31H28Cl2N2O4S/c32-23-12-17-28(26(20-23)30(36)34-21-31(18-6-7-19-31)22-8-2-1-3-9-22)35-40(37,38)25-15-13-24(14-16-25)39-29-11-5-4-10-27(29)33/h1-5,8-17,20,35H,6-7,18-19,21H2,(H,34,36). The van der Waals surface area contributed by atoms with Crippen molar-refractivity contribution in [3.8, 4) is 11.5 Å². The van der Waals surface area contributed by atoms with E-state index in [1.807, 2.05) is 18.2 Å². The zero-order valence-electron chi connectivity index (χ0n) is 21.6. The fourth-order valence-electron chi connectivity index (χ4n) is 5.09. The highest BCUT2D eigenvalue weighted by molar-refractivity contribution is 7.92. The molecule has 2 N–H and O–H groups in total. The number of hydrogen-bond donors (Lipinski definition) is 2. The maximum absolute atomic E-state index is 13.4. The average Bonchev–Trinajstić information content (AvgIpc) is 3.45. The predicted octanol–water partition coefficient (Wildman–Crippen LogP) is 7.83. The molecule has 5 rings (SSSR count). The molecule has 1 aliphatic rings. The average molecular weight is 596 g/mol. The summed E-state index contributed by atoms with van der Waals surface area (Å²) in [7, 11) is -4.02. The quantitative estimate of drug-likeness (QED) is 0.207. The lowest BCUT2D eigenvalue weighted by molar-refractivity contribution is 0.0944. The van der Waals surface area contributed by atoms with Crippen LogP contribution in [0.5, 0.6) is 11.5 Å². The number of sulfonamides is 1. The SMILES string of the molecule is O=C(NCC1(c2ccccc2)CCCC1)c1cc(Cl)ccc1NS(=O)(=O)c1ccc(Oc2ccccc2Cl)cc1. The molecule has 40 heavy (non-hydrogen) atoms. The minimum absolute atomic E-state index is 0.00861. The van der Waals surface area contributed by atoms with Gasteiger partial charge in [0.2, 0.25) is 0 Å². The zero-order chi connectivity index (χ0) is 28.2. The maximum atomic E-state index is 13.4. The summed E-state index contributed by atoms with van der Waals surface area (Å²) in [6, 6.07) is 27.6. The van der Waals surface area contributed by atoms with Crippen LogP contribution in [0.25, 0.3) is 0 Å². The fraction of sp³-hybridized carbons (Fsp3) is 0.194. The molecule has 0 spiro atoms. The molecule has 0 heterocycles. The number of hydrogen-bond acceptors (Lipinski definition) is 4. The topological polar surface area (TPSA) is 84.5 Å². The van der Waals surface area contributed by atoms with Crippen LogP contribution in [0.3, 0.4) is 0 Å². The molecule has 1 amide bonds. The highest BCUT2D eigenvalue weighted by Gasteiger charge is 2.36. The Morgan fingerprint density at radius 3 is 2.23 bits per heavy atom. The number of benzene rings is 4. The molecule has 0 radical (unpaired) electrons. The first-order valence-electron chi connectivity index (χ1n) is 12.9. The summed E-state index contributed by atoms with van der Waals surface area (Å²) in [5.41, 5.74) is 1.33. The van der Waals surface area contributed by atoms with Crippen LogP contribution in [-0.4, -0.2) is 20.9 Å². The van der Waals surface area contributed by atoms with Gasteiger partial charge >= 0.3 is 0 Å². The van der Waals surface area contributed by atoms with Crippen LogP contribution < -0.4 is 14.8 Å². The van der Waals surface area contributed by atoms with Crippen molar-refractivity contribution in [2.24, 2.45) is 0 Å². The van der Waals surface area contributed by atoms with E-state index in [4.69, 9.17) is 27.9 Å². The molecule has 0 saturated heterocycles. The lowest BCUT2D eigenvalue weighted by Crippen LogP contribution is -2.39. The van der Waals surface area contributed by atoms with Crippen LogP contribution in [0, 0.1) is 0 Å². The van der Waals surface area contributed by atoms with Gasteiger partial charge < -0.3 is 10.1 Å². The molecule has 1 aliphatic carbocycles. The van der Waals surface area contributed by atoms with Gasteiger partial charge in [-0.15, -0.1) is 0 Å². The van der Waals surface area contributed by atoms with E-state index in [-0.39, 0.29) is 21.6 Å². The van der Waals surface area contributed by atoms with Crippen LogP contribution in [-0.2, 0) is 15.4 Å². The molecule has 206 valence electrons. The molecule has 1 fully saturated rings. The van der Waals surface area contributed by atoms with Crippen LogP contribution in [0.2, 0.25) is 10.0 Å². The van der Waals surface area contributed by atoms with Crippen molar-refractivity contribution in [2.45, 2.75) is 36.0 Å². The van der Waals surface area contributed by atoms with E-state index in [1.54, 1.807) is 30.3 Å². The van der Waals surface area contributed by atoms with Gasteiger partial charge in [-0.3, -0.25) is 9.52 Å². The Balaban J connectivity index is 1.32. The van der Waals surface area contributed by atoms with Crippen molar-refractivity contribution in [3.63, 3.8) is 0 Å². The minimum Gasteiger partial charge on any atom is -0.456 e. The molecule has 0 atom stereocenters. The van der Waals surface area contributed by atoms with Crippen LogP contribution in [0.15, 0.2) is 102 Å². The van der Waals surface area contributed by atoms with Gasteiger partial charge in [0, 0.05) is 17.0 Å². The molecule has 9 heteroatoms. The molecule has 4 aromatic rings. The third-order valence-corrected chi connectivity index (χ3v) is 9.13. The first-order valence-corrected chi connectivity index (χ1v) is 15.2. The smallest absolute Gasteiger partial charge is 0.261 e. The molecule has 1 saturated carbocycles. The van der Waals surface area contributed by atoms with Crippen molar-refractivity contribution >= 4 is 44.8 Å². The van der Waals surface area contributed by atoms with Crippen LogP contribution in [0.1, 0.15) is 41.6 Å². The summed E-state index contributed by atoms with van der Waals surface area (Å²) < 4.78 is 34.8. The van der Waals surface area contributed by atoms with E-state index >= 15 is 0 Å². The van der Waals surface area contributed by atoms with Crippen LogP contribution in [0.4, 0.5) is 5.69 Å². The predicted molar refractivity (Wildman–Crippen MR) is 159 cm³/mol. The first-order chi connectivity index (χ1) is 19.3. The molecule has 0 bridgehead atoms. The van der Waals surface area contributed by atoms with Crippen molar-refractivity contribution in [2.75, 3.05) is 11.3 Å². The minimum atomic E-state index is -4.02. The summed E-state index contributed by atoms with van der Waals surface area (Å²) in [5.74, 6) is 0.491. The van der Waals surface area contributed by atoms with Gasteiger partial charge in [-0.1, -0.05) is 78.5 Å². The zero-order valence-corrected chi connectivity index (χ0v) is 23.9. The lowest BCUT2D eigenvalue weighted by atomic mass is 9.79. The lowest BCUT2D eigenvalue weighted by Gasteiger charge is -2.30. The summed E-state index contributed by atoms with van der Waals surface area (Å²) in [6.07, 6.45) is 4.13. The molecular formula is C31H28Cl2N2O4S. The highest BCUT2D eigenvalue weighted by Crippen LogP contribution is 2.40. The van der Waals surface area contributed by atoms with Crippen molar-refractivity contribution < 1.29 is 17.9 Å². The van der Waals surface area contributed by atoms with Gasteiger partial charge in [0.05, 0.1) is 21.2 Å². The van der Waals surface area contributed by atoms with Gasteiger partial charge in [0.1, 0.15) is 11.5 Å². The number of anilines is 1. The van der Waals surface area contributed by atoms with Crippen molar-refractivity contribution in [1.29, 1.82) is 0 Å². The Morgan fingerprint density at radius 2 is 1.52 bits per heavy atom. The van der Waals surface area contributed by atoms with E-state index in [2.05, 4.69) is 22.2 Å². The number of ether oxygens (including phenoxy) is 1. The van der Waals surface area contributed by atoms with Gasteiger partial charge in [0.15, 0.2) is 0 Å². The first kappa shape index (κ1) is 28.0. The van der Waals surface area contributed by atoms with Gasteiger partial charge in [-0.2, -0.15) is 0 Å². The maximum Gasteiger partial charge on any atom is 0.261 e. The third kappa shape index (κ3) is 6.28. The summed E-state index contributed by atoms with van der Waals surface area (Å²) in [6.45, 7) is 0.446. The summed E-state index contributed by atoms with van der Waals surface area (Å²) >= 11 is 12.4. The molecule has 0 unspecified atom stereocenters. The van der Waals surface area contributed by atoms with Crippen molar-refractivity contribution in [3.05, 3.63) is 118 Å². The highest BCUT2D eigenvalue weighted by atomic mass is 35.5. The Morgan fingerprint density at radius 1 is 0.850 bits per heavy atom. The van der Waals surface area contributed by atoms with E-state index < -0.39 is 15.9 Å². The largest absolute Gasteiger partial charge is 0.456 e. The second-order valence-corrected chi connectivity index (χ2v) is 12.4. The second-order valence-electron chi connectivity index (χ2n) is 9.84. The Bertz CT molecular complexity index is 1600. The fourth-order valence-corrected chi connectivity index (χ4v) is 6.52. The van der Waals surface area contributed by atoms with Crippen molar-refractivity contribution in [1.82, 2.24) is 5.32 Å². The normalized spacial score (nSPS) is 14.4. The van der Waals surface area contributed by atoms with E-state index in [1.165, 1.54) is 42.0 Å². The molecule has 0 aromatic heterocycles. The van der Waals surface area contributed by atoms with Gasteiger partial charge in [-0.05, 0) is 73.0 Å². The third-order valence-electron chi connectivity index (χ3n) is 7.20. The number of carbonyl (C=O) groups excluding carboxylic acids is 1. The summed E-state index contributed by atoms with van der Waals surface area (Å²) in [4.78, 5) is 13.4. The molecule has 6 nitrogen and oxygen atoms in total. The molecule has 0 aliphatic heterocycles. The number of nitrogens with one attached hydrogen (secondary N) is 2. The Kier molecular flexibility index (Phi) is 8.35. The monoisotopic (exact) mass is 594 g/mol. The van der Waals surface area contributed by atoms with Crippen LogP contribution >= 0.6 is 23.2 Å². The number of rotatable bonds is 9. The Hall–Kier alpha value is -3.52. The number of carbonyl (C=O) groups is 1. The van der Waals surface area contributed by atoms with Gasteiger partial charge in [0.25, 0.3) is 15.9 Å². The number of halogens is 2. The van der Waals surface area contributed by atoms with E-state index in [9.17, 15) is 13.2 Å². The Labute approximate surface area is 244 Å². The molecular weight excluding hydrogens is 567 g/mol. The second kappa shape index (κ2) is 11.9. The van der Waals surface area contributed by atoms with E-state index in [0.717, 1.165) is 25.7 Å². The summed E-state index contributed by atoms with van der Waals surface area (Å²) in [5, 5.41) is 3.82. The number of para-hydroxylation sites is 1. The van der Waals surface area contributed by atoms with E-state index in [0.29, 0.717) is 28.1 Å². The number of amides is 1. The van der Waals surface area contributed by atoms with Gasteiger partial charge in [-0.25, -0.2) is 8.42 Å².